The van der Waals surface area contributed by atoms with Crippen LogP contribution in [0.1, 0.15) is 31.2 Å². The molecule has 0 saturated carbocycles. The van der Waals surface area contributed by atoms with Crippen molar-refractivity contribution in [2.24, 2.45) is 0 Å². The molecular formula is C16H22BrNO2. The van der Waals surface area contributed by atoms with Crippen LogP contribution in [-0.2, 0) is 16.0 Å². The van der Waals surface area contributed by atoms with E-state index in [-0.39, 0.29) is 5.60 Å². The van der Waals surface area contributed by atoms with Crippen LogP contribution in [0.5, 0.6) is 0 Å². The minimum absolute atomic E-state index is 0.0773. The summed E-state index contributed by atoms with van der Waals surface area (Å²) in [5.41, 5.74) is 1.41. The Balaban J connectivity index is 1.53. The maximum atomic E-state index is 6.08. The molecule has 1 aromatic carbocycles. The largest absolute Gasteiger partial charge is 0.381 e. The molecule has 4 heteroatoms. The zero-order chi connectivity index (χ0) is 13.8. The summed E-state index contributed by atoms with van der Waals surface area (Å²) in [5, 5.41) is 3.69. The van der Waals surface area contributed by atoms with Crippen molar-refractivity contribution in [3.63, 3.8) is 0 Å². The number of ether oxygens (including phenoxy) is 2. The standard InChI is InChI=1S/C16H22BrNO2/c17-14-3-1-13(2-4-14)12-18-15-5-8-20-16(11-15)6-9-19-10-7-16/h1-4,15,18H,5-12H2. The number of nitrogens with one attached hydrogen (secondary N) is 1. The SMILES string of the molecule is Brc1ccc(CNC2CCOC3(CCOCC3)C2)cc1. The molecule has 0 radical (unpaired) electrons. The lowest BCUT2D eigenvalue weighted by molar-refractivity contribution is -0.140. The van der Waals surface area contributed by atoms with Crippen LogP contribution in [0.3, 0.4) is 0 Å². The fourth-order valence-electron chi connectivity index (χ4n) is 3.16. The van der Waals surface area contributed by atoms with Crippen LogP contribution >= 0.6 is 15.9 Å². The van der Waals surface area contributed by atoms with E-state index in [1.54, 1.807) is 0 Å². The Morgan fingerprint density at radius 3 is 2.65 bits per heavy atom. The van der Waals surface area contributed by atoms with Gasteiger partial charge in [0.2, 0.25) is 0 Å². The van der Waals surface area contributed by atoms with Crippen molar-refractivity contribution in [2.75, 3.05) is 19.8 Å². The van der Waals surface area contributed by atoms with Gasteiger partial charge in [0.05, 0.1) is 5.60 Å². The van der Waals surface area contributed by atoms with Gasteiger partial charge in [0.1, 0.15) is 0 Å². The third kappa shape index (κ3) is 3.61. The Hall–Kier alpha value is -0.420. The molecule has 0 aromatic heterocycles. The van der Waals surface area contributed by atoms with Crippen molar-refractivity contribution in [2.45, 2.75) is 43.9 Å². The highest BCUT2D eigenvalue weighted by Gasteiger charge is 2.38. The number of hydrogen-bond acceptors (Lipinski definition) is 3. The summed E-state index contributed by atoms with van der Waals surface area (Å²) in [6.07, 6.45) is 4.32. The minimum atomic E-state index is 0.0773. The second kappa shape index (κ2) is 6.56. The van der Waals surface area contributed by atoms with Crippen LogP contribution in [0.2, 0.25) is 0 Å². The smallest absolute Gasteiger partial charge is 0.0741 e. The van der Waals surface area contributed by atoms with Crippen LogP contribution in [0.4, 0.5) is 0 Å². The molecule has 0 amide bonds. The van der Waals surface area contributed by atoms with Gasteiger partial charge in [-0.1, -0.05) is 28.1 Å². The molecule has 3 rings (SSSR count). The van der Waals surface area contributed by atoms with Crippen molar-refractivity contribution < 1.29 is 9.47 Å². The molecule has 1 unspecified atom stereocenters. The molecule has 1 atom stereocenters. The predicted molar refractivity (Wildman–Crippen MR) is 82.7 cm³/mol. The first-order valence-corrected chi connectivity index (χ1v) is 8.25. The van der Waals surface area contributed by atoms with E-state index >= 15 is 0 Å². The van der Waals surface area contributed by atoms with Gasteiger partial charge in [-0.05, 0) is 43.4 Å². The first-order valence-electron chi connectivity index (χ1n) is 7.45. The number of hydrogen-bond donors (Lipinski definition) is 1. The summed E-state index contributed by atoms with van der Waals surface area (Å²) in [6.45, 7) is 3.50. The highest BCUT2D eigenvalue weighted by molar-refractivity contribution is 9.10. The predicted octanol–water partition coefficient (Wildman–Crippen LogP) is 3.27. The zero-order valence-electron chi connectivity index (χ0n) is 11.7. The van der Waals surface area contributed by atoms with Crippen molar-refractivity contribution in [1.29, 1.82) is 0 Å². The average Bonchev–Trinajstić information content (AvgIpc) is 2.48. The molecule has 1 spiro atoms. The molecule has 2 fully saturated rings. The lowest BCUT2D eigenvalue weighted by atomic mass is 9.84. The average molecular weight is 340 g/mol. The van der Waals surface area contributed by atoms with Gasteiger partial charge in [0.15, 0.2) is 0 Å². The van der Waals surface area contributed by atoms with Crippen LogP contribution in [0, 0.1) is 0 Å². The fraction of sp³-hybridized carbons (Fsp3) is 0.625. The molecule has 3 nitrogen and oxygen atoms in total. The molecule has 0 bridgehead atoms. The Labute approximate surface area is 129 Å². The van der Waals surface area contributed by atoms with Crippen LogP contribution in [0.25, 0.3) is 0 Å². The van der Waals surface area contributed by atoms with Gasteiger partial charge in [0.25, 0.3) is 0 Å². The third-order valence-corrected chi connectivity index (χ3v) is 4.93. The summed E-state index contributed by atoms with van der Waals surface area (Å²) in [4.78, 5) is 0. The molecule has 0 aliphatic carbocycles. The molecule has 2 saturated heterocycles. The highest BCUT2D eigenvalue weighted by atomic mass is 79.9. The normalized spacial score (nSPS) is 25.8. The monoisotopic (exact) mass is 339 g/mol. The van der Waals surface area contributed by atoms with Crippen molar-refractivity contribution in [1.82, 2.24) is 5.32 Å². The summed E-state index contributed by atoms with van der Waals surface area (Å²) in [6, 6.07) is 9.09. The van der Waals surface area contributed by atoms with Gasteiger partial charge in [-0.15, -0.1) is 0 Å². The van der Waals surface area contributed by atoms with Gasteiger partial charge in [-0.3, -0.25) is 0 Å². The first kappa shape index (κ1) is 14.5. The highest BCUT2D eigenvalue weighted by Crippen LogP contribution is 2.34. The van der Waals surface area contributed by atoms with Gasteiger partial charge in [0, 0.05) is 36.9 Å². The summed E-state index contributed by atoms with van der Waals surface area (Å²) < 4.78 is 12.7. The van der Waals surface area contributed by atoms with Gasteiger partial charge >= 0.3 is 0 Å². The maximum absolute atomic E-state index is 6.08. The lowest BCUT2D eigenvalue weighted by Gasteiger charge is -2.43. The summed E-state index contributed by atoms with van der Waals surface area (Å²) in [5.74, 6) is 0. The van der Waals surface area contributed by atoms with Gasteiger partial charge < -0.3 is 14.8 Å². The molecule has 2 aliphatic heterocycles. The Kier molecular flexibility index (Phi) is 4.76. The van der Waals surface area contributed by atoms with E-state index in [9.17, 15) is 0 Å². The number of benzene rings is 1. The number of halogens is 1. The van der Waals surface area contributed by atoms with Crippen molar-refractivity contribution in [3.8, 4) is 0 Å². The molecular weight excluding hydrogens is 318 g/mol. The van der Waals surface area contributed by atoms with E-state index < -0.39 is 0 Å². The Morgan fingerprint density at radius 1 is 1.15 bits per heavy atom. The van der Waals surface area contributed by atoms with Crippen molar-refractivity contribution in [3.05, 3.63) is 34.3 Å². The lowest BCUT2D eigenvalue weighted by Crippen LogP contribution is -2.49. The van der Waals surface area contributed by atoms with E-state index in [0.717, 1.165) is 56.5 Å². The Morgan fingerprint density at radius 2 is 1.90 bits per heavy atom. The van der Waals surface area contributed by atoms with E-state index in [1.807, 2.05) is 0 Å². The number of rotatable bonds is 3. The van der Waals surface area contributed by atoms with Gasteiger partial charge in [-0.2, -0.15) is 0 Å². The van der Waals surface area contributed by atoms with Crippen LogP contribution < -0.4 is 5.32 Å². The molecule has 1 aromatic rings. The summed E-state index contributed by atoms with van der Waals surface area (Å²) in [7, 11) is 0. The van der Waals surface area contributed by atoms with E-state index in [1.165, 1.54) is 5.56 Å². The first-order chi connectivity index (χ1) is 9.76. The van der Waals surface area contributed by atoms with E-state index in [0.29, 0.717) is 6.04 Å². The third-order valence-electron chi connectivity index (χ3n) is 4.41. The maximum Gasteiger partial charge on any atom is 0.0741 e. The molecule has 110 valence electrons. The Bertz CT molecular complexity index is 423. The topological polar surface area (TPSA) is 30.5 Å². The molecule has 1 N–H and O–H groups in total. The molecule has 2 aliphatic rings. The van der Waals surface area contributed by atoms with Crippen LogP contribution in [0.15, 0.2) is 28.7 Å². The summed E-state index contributed by atoms with van der Waals surface area (Å²) >= 11 is 3.47. The molecule has 20 heavy (non-hydrogen) atoms. The van der Waals surface area contributed by atoms with E-state index in [4.69, 9.17) is 9.47 Å². The second-order valence-corrected chi connectivity index (χ2v) is 6.76. The fourth-order valence-corrected chi connectivity index (χ4v) is 3.42. The quantitative estimate of drug-likeness (QED) is 0.916. The molecule has 2 heterocycles. The second-order valence-electron chi connectivity index (χ2n) is 5.84. The van der Waals surface area contributed by atoms with E-state index in [2.05, 4.69) is 45.5 Å². The van der Waals surface area contributed by atoms with Crippen molar-refractivity contribution >= 4 is 15.9 Å². The van der Waals surface area contributed by atoms with Gasteiger partial charge in [-0.25, -0.2) is 0 Å². The zero-order valence-corrected chi connectivity index (χ0v) is 13.3. The van der Waals surface area contributed by atoms with Crippen LogP contribution in [-0.4, -0.2) is 31.5 Å². The minimum Gasteiger partial charge on any atom is -0.381 e.